The fourth-order valence-corrected chi connectivity index (χ4v) is 0.952. The van der Waals surface area contributed by atoms with Crippen molar-refractivity contribution < 1.29 is 19.0 Å². The number of carbonyl (C=O) groups is 1. The number of methoxy groups -OCH3 is 1. The molecule has 0 bridgehead atoms. The summed E-state index contributed by atoms with van der Waals surface area (Å²) in [5, 5.41) is 0. The van der Waals surface area contributed by atoms with Gasteiger partial charge in [-0.3, -0.25) is 4.79 Å². The Morgan fingerprint density at radius 2 is 1.73 bits per heavy atom. The van der Waals surface area contributed by atoms with Crippen LogP contribution in [0.5, 0.6) is 0 Å². The molecule has 0 aromatic heterocycles. The summed E-state index contributed by atoms with van der Waals surface area (Å²) < 4.78 is 15.5. The molecule has 0 aliphatic carbocycles. The van der Waals surface area contributed by atoms with Gasteiger partial charge in [0.05, 0.1) is 17.8 Å². The number of hydrogen-bond acceptors (Lipinski definition) is 4. The zero-order valence-corrected chi connectivity index (χ0v) is 10.3. The van der Waals surface area contributed by atoms with E-state index < -0.39 is 5.60 Å². The third kappa shape index (κ3) is 7.33. The lowest BCUT2D eigenvalue weighted by molar-refractivity contribution is -0.140. The van der Waals surface area contributed by atoms with Gasteiger partial charge >= 0.3 is 0 Å². The van der Waals surface area contributed by atoms with Crippen LogP contribution in [0.25, 0.3) is 0 Å². The Morgan fingerprint density at radius 1 is 1.13 bits per heavy atom. The number of rotatable bonds is 8. The Hall–Kier alpha value is -0.610. The van der Waals surface area contributed by atoms with E-state index in [1.807, 2.05) is 27.7 Å². The van der Waals surface area contributed by atoms with Gasteiger partial charge in [-0.1, -0.05) is 0 Å². The first-order chi connectivity index (χ1) is 6.83. The summed E-state index contributed by atoms with van der Waals surface area (Å²) in [7, 11) is 1.68. The van der Waals surface area contributed by atoms with Gasteiger partial charge in [0.25, 0.3) is 6.47 Å². The molecule has 0 amide bonds. The van der Waals surface area contributed by atoms with E-state index in [9.17, 15) is 4.79 Å². The second kappa shape index (κ2) is 6.08. The Kier molecular flexibility index (Phi) is 5.83. The van der Waals surface area contributed by atoms with Crippen LogP contribution in [-0.4, -0.2) is 38.0 Å². The van der Waals surface area contributed by atoms with E-state index in [-0.39, 0.29) is 12.2 Å². The van der Waals surface area contributed by atoms with Crippen molar-refractivity contribution in [1.29, 1.82) is 0 Å². The molecule has 0 radical (unpaired) electrons. The monoisotopic (exact) mass is 218 g/mol. The fraction of sp³-hybridized carbons (Fsp3) is 0.909. The van der Waals surface area contributed by atoms with E-state index in [2.05, 4.69) is 4.74 Å². The fourth-order valence-electron chi connectivity index (χ4n) is 0.952. The molecule has 0 aliphatic heterocycles. The first kappa shape index (κ1) is 14.4. The highest BCUT2D eigenvalue weighted by atomic mass is 16.6. The van der Waals surface area contributed by atoms with Crippen LogP contribution >= 0.6 is 0 Å². The van der Waals surface area contributed by atoms with E-state index in [1.165, 1.54) is 0 Å². The first-order valence-electron chi connectivity index (χ1n) is 5.07. The molecule has 0 atom stereocenters. The van der Waals surface area contributed by atoms with Crippen molar-refractivity contribution in [3.05, 3.63) is 0 Å². The van der Waals surface area contributed by atoms with E-state index in [0.717, 1.165) is 6.42 Å². The summed E-state index contributed by atoms with van der Waals surface area (Å²) in [6.07, 6.45) is 0.800. The third-order valence-corrected chi connectivity index (χ3v) is 2.25. The molecule has 0 aromatic rings. The summed E-state index contributed by atoms with van der Waals surface area (Å²) in [5.74, 6) is 0. The molecule has 0 heterocycles. The topological polar surface area (TPSA) is 44.8 Å². The van der Waals surface area contributed by atoms with Crippen molar-refractivity contribution in [2.75, 3.05) is 20.3 Å². The number of carbonyl (C=O) groups excluding carboxylic acids is 1. The molecule has 0 saturated heterocycles. The van der Waals surface area contributed by atoms with Gasteiger partial charge in [-0.2, -0.15) is 0 Å². The van der Waals surface area contributed by atoms with Crippen molar-refractivity contribution >= 4 is 6.47 Å². The normalized spacial score (nSPS) is 12.6. The van der Waals surface area contributed by atoms with Crippen molar-refractivity contribution in [2.45, 2.75) is 45.3 Å². The molecule has 0 spiro atoms. The van der Waals surface area contributed by atoms with Gasteiger partial charge < -0.3 is 14.2 Å². The van der Waals surface area contributed by atoms with Gasteiger partial charge in [-0.05, 0) is 34.1 Å². The average Bonchev–Trinajstić information content (AvgIpc) is 2.14. The molecule has 4 nitrogen and oxygen atoms in total. The second-order valence-corrected chi connectivity index (χ2v) is 4.73. The maximum absolute atomic E-state index is 10.0. The van der Waals surface area contributed by atoms with E-state index in [4.69, 9.17) is 9.47 Å². The van der Waals surface area contributed by atoms with Crippen molar-refractivity contribution in [3.8, 4) is 0 Å². The molecule has 0 saturated carbocycles. The third-order valence-electron chi connectivity index (χ3n) is 2.25. The smallest absolute Gasteiger partial charge is 0.293 e. The lowest BCUT2D eigenvalue weighted by Crippen LogP contribution is -2.33. The molecule has 0 rings (SSSR count). The summed E-state index contributed by atoms with van der Waals surface area (Å²) in [4.78, 5) is 10.0. The van der Waals surface area contributed by atoms with Crippen LogP contribution in [0.4, 0.5) is 0 Å². The molecule has 90 valence electrons. The molecule has 0 N–H and O–H groups in total. The summed E-state index contributed by atoms with van der Waals surface area (Å²) in [6, 6.07) is 0. The molecule has 0 fully saturated rings. The summed E-state index contributed by atoms with van der Waals surface area (Å²) in [5.41, 5.74) is -0.619. The molecule has 4 heteroatoms. The highest BCUT2D eigenvalue weighted by Crippen LogP contribution is 2.16. The SMILES string of the molecule is COC(C)(C)CCOC(C)(C)COC=O. The van der Waals surface area contributed by atoms with Crippen LogP contribution in [-0.2, 0) is 19.0 Å². The second-order valence-electron chi connectivity index (χ2n) is 4.73. The lowest BCUT2D eigenvalue weighted by Gasteiger charge is -2.27. The van der Waals surface area contributed by atoms with E-state index >= 15 is 0 Å². The molecule has 0 unspecified atom stereocenters. The van der Waals surface area contributed by atoms with E-state index in [1.54, 1.807) is 7.11 Å². The Balaban J connectivity index is 3.78. The summed E-state index contributed by atoms with van der Waals surface area (Å²) >= 11 is 0. The Bertz CT molecular complexity index is 187. The molecular weight excluding hydrogens is 196 g/mol. The van der Waals surface area contributed by atoms with Gasteiger partial charge in [0.2, 0.25) is 0 Å². The van der Waals surface area contributed by atoms with Gasteiger partial charge in [-0.25, -0.2) is 0 Å². The van der Waals surface area contributed by atoms with Crippen LogP contribution in [0.1, 0.15) is 34.1 Å². The van der Waals surface area contributed by atoms with Crippen LogP contribution in [0.2, 0.25) is 0 Å². The minimum absolute atomic E-state index is 0.179. The standard InChI is InChI=1S/C11H22O4/c1-10(2,13-5)6-7-15-11(3,4)8-14-9-12/h9H,6-8H2,1-5H3. The van der Waals surface area contributed by atoms with Gasteiger partial charge in [0, 0.05) is 7.11 Å². The van der Waals surface area contributed by atoms with Gasteiger partial charge in [-0.15, -0.1) is 0 Å². The lowest BCUT2D eigenvalue weighted by atomic mass is 10.1. The highest BCUT2D eigenvalue weighted by molar-refractivity contribution is 5.37. The zero-order chi connectivity index (χ0) is 11.9. The van der Waals surface area contributed by atoms with Gasteiger partial charge in [0.1, 0.15) is 6.61 Å². The number of hydrogen-bond donors (Lipinski definition) is 0. The number of ether oxygens (including phenoxy) is 3. The Morgan fingerprint density at radius 3 is 2.20 bits per heavy atom. The van der Waals surface area contributed by atoms with Crippen LogP contribution in [0, 0.1) is 0 Å². The first-order valence-corrected chi connectivity index (χ1v) is 5.07. The van der Waals surface area contributed by atoms with E-state index in [0.29, 0.717) is 13.1 Å². The molecule has 0 aromatic carbocycles. The maximum atomic E-state index is 10.0. The molecular formula is C11H22O4. The van der Waals surface area contributed by atoms with Crippen LogP contribution < -0.4 is 0 Å². The minimum atomic E-state index is -0.440. The molecule has 15 heavy (non-hydrogen) atoms. The maximum Gasteiger partial charge on any atom is 0.293 e. The zero-order valence-electron chi connectivity index (χ0n) is 10.3. The van der Waals surface area contributed by atoms with Gasteiger partial charge in [0.15, 0.2) is 0 Å². The van der Waals surface area contributed by atoms with Crippen molar-refractivity contribution in [1.82, 2.24) is 0 Å². The Labute approximate surface area is 91.9 Å². The predicted molar refractivity (Wildman–Crippen MR) is 57.8 cm³/mol. The van der Waals surface area contributed by atoms with Crippen LogP contribution in [0.3, 0.4) is 0 Å². The predicted octanol–water partition coefficient (Wildman–Crippen LogP) is 1.77. The average molecular weight is 218 g/mol. The quantitative estimate of drug-likeness (QED) is 0.582. The largest absolute Gasteiger partial charge is 0.465 e. The minimum Gasteiger partial charge on any atom is -0.465 e. The highest BCUT2D eigenvalue weighted by Gasteiger charge is 2.22. The van der Waals surface area contributed by atoms with Crippen molar-refractivity contribution in [2.24, 2.45) is 0 Å². The molecule has 0 aliphatic rings. The summed E-state index contributed by atoms with van der Waals surface area (Å²) in [6.45, 7) is 9.06. The van der Waals surface area contributed by atoms with Crippen LogP contribution in [0.15, 0.2) is 0 Å². The van der Waals surface area contributed by atoms with Crippen molar-refractivity contribution in [3.63, 3.8) is 0 Å².